The molecule has 5 aromatic rings. The fourth-order valence-electron chi connectivity index (χ4n) is 8.10. The number of piperazine rings is 2. The molecule has 0 bridgehead atoms. The number of carbonyl (C=O) groups is 2. The Morgan fingerprint density at radius 3 is 2.25 bits per heavy atom. The maximum atomic E-state index is 12.3. The van der Waals surface area contributed by atoms with Gasteiger partial charge in [0.1, 0.15) is 12.3 Å². The van der Waals surface area contributed by atoms with E-state index >= 15 is 0 Å². The molecule has 57 heavy (non-hydrogen) atoms. The average molecular weight is 788 g/mol. The Morgan fingerprint density at radius 1 is 0.807 bits per heavy atom. The smallest absolute Gasteiger partial charge is 0.328 e. The average Bonchev–Trinajstić information content (AvgIpc) is 3.24. The third-order valence-corrected chi connectivity index (χ3v) is 11.7. The highest BCUT2D eigenvalue weighted by molar-refractivity contribution is 6.34. The van der Waals surface area contributed by atoms with Crippen molar-refractivity contribution in [3.05, 3.63) is 83.6 Å². The summed E-state index contributed by atoms with van der Waals surface area (Å²) in [5, 5.41) is 10.7. The Morgan fingerprint density at radius 2 is 1.53 bits per heavy atom. The largest absolute Gasteiger partial charge is 0.474 e. The standard InChI is InChI=1S/C42H46ClN11O3/c1-28-34(27-45-40-39(28)44-11-23-57-40)29-2-3-30-26-46-41(48-36(30)24-29)47-31-4-6-32(7-5-31)52-19-15-50(16-20-52)13-14-51-17-21-53(22-18-51)33-8-9-37(35(43)25-33)54-12-10-38(55)49-42(54)56/h2-9,24-27,44H,10-23H2,1H3,(H,46,47,48)(H,49,55,56). The summed E-state index contributed by atoms with van der Waals surface area (Å²) in [4.78, 5) is 49.3. The number of nitrogens with one attached hydrogen (secondary N) is 3. The van der Waals surface area contributed by atoms with Crippen LogP contribution in [-0.4, -0.2) is 122 Å². The van der Waals surface area contributed by atoms with Gasteiger partial charge in [-0.3, -0.25) is 24.8 Å². The number of urea groups is 1. The van der Waals surface area contributed by atoms with E-state index < -0.39 is 6.03 Å². The Labute approximate surface area is 336 Å². The van der Waals surface area contributed by atoms with Gasteiger partial charge in [0.25, 0.3) is 0 Å². The molecule has 4 aliphatic rings. The Hall–Kier alpha value is -5.70. The lowest BCUT2D eigenvalue weighted by atomic mass is 10.00. The van der Waals surface area contributed by atoms with E-state index in [1.165, 1.54) is 10.6 Å². The molecule has 3 aromatic carbocycles. The fraction of sp³-hybridized carbons (Fsp3) is 0.357. The van der Waals surface area contributed by atoms with Crippen LogP contribution in [0.1, 0.15) is 12.0 Å². The SMILES string of the molecule is Cc1c(-c2ccc3cnc(Nc4ccc(N5CCN(CCN6CCN(c7ccc(N8CCC(=O)NC8=O)c(Cl)c7)CC6)CC5)cc4)nc3c2)cnc2c1NCCO2. The molecule has 3 amide bonds. The molecular formula is C42H46ClN11O3. The molecule has 14 nitrogen and oxygen atoms in total. The van der Waals surface area contributed by atoms with Crippen molar-refractivity contribution in [3.63, 3.8) is 0 Å². The summed E-state index contributed by atoms with van der Waals surface area (Å²) in [5.74, 6) is 0.959. The van der Waals surface area contributed by atoms with E-state index in [1.807, 2.05) is 30.6 Å². The van der Waals surface area contributed by atoms with Crippen LogP contribution in [-0.2, 0) is 4.79 Å². The molecule has 0 saturated carbocycles. The lowest BCUT2D eigenvalue weighted by Crippen LogP contribution is -2.51. The van der Waals surface area contributed by atoms with E-state index in [1.54, 1.807) is 0 Å². The number of anilines is 6. The van der Waals surface area contributed by atoms with Crippen molar-refractivity contribution in [1.82, 2.24) is 30.1 Å². The van der Waals surface area contributed by atoms with Gasteiger partial charge < -0.3 is 25.2 Å². The van der Waals surface area contributed by atoms with Crippen molar-refractivity contribution in [1.29, 1.82) is 0 Å². The Kier molecular flexibility index (Phi) is 10.4. The van der Waals surface area contributed by atoms with Crippen LogP contribution >= 0.6 is 11.6 Å². The van der Waals surface area contributed by atoms with Crippen molar-refractivity contribution < 1.29 is 14.3 Å². The number of pyridine rings is 1. The number of nitrogens with zero attached hydrogens (tertiary/aromatic N) is 8. The fourth-order valence-corrected chi connectivity index (χ4v) is 8.37. The molecule has 4 aliphatic heterocycles. The van der Waals surface area contributed by atoms with Crippen molar-refractivity contribution in [2.45, 2.75) is 13.3 Å². The molecule has 0 spiro atoms. The van der Waals surface area contributed by atoms with Gasteiger partial charge in [-0.25, -0.2) is 19.7 Å². The molecule has 294 valence electrons. The first-order valence-electron chi connectivity index (χ1n) is 19.7. The van der Waals surface area contributed by atoms with Gasteiger partial charge in [-0.2, -0.15) is 0 Å². The molecule has 15 heteroatoms. The Balaban J connectivity index is 0.734. The zero-order valence-electron chi connectivity index (χ0n) is 32.0. The topological polar surface area (TPSA) is 134 Å². The first kappa shape index (κ1) is 36.9. The number of fused-ring (bicyclic) bond motifs is 2. The van der Waals surface area contributed by atoms with Crippen molar-refractivity contribution in [3.8, 4) is 17.0 Å². The minimum Gasteiger partial charge on any atom is -0.474 e. The number of imide groups is 1. The van der Waals surface area contributed by atoms with Crippen LogP contribution in [0.5, 0.6) is 5.88 Å². The number of hydrogen-bond acceptors (Lipinski definition) is 12. The number of amides is 3. The second-order valence-corrected chi connectivity index (χ2v) is 15.3. The second-order valence-electron chi connectivity index (χ2n) is 14.9. The maximum absolute atomic E-state index is 12.3. The third kappa shape index (κ3) is 7.98. The number of benzene rings is 3. The van der Waals surface area contributed by atoms with Crippen LogP contribution in [0.3, 0.4) is 0 Å². The Bertz CT molecular complexity index is 2290. The van der Waals surface area contributed by atoms with Crippen molar-refractivity contribution in [2.75, 3.05) is 110 Å². The first-order chi connectivity index (χ1) is 27.8. The highest BCUT2D eigenvalue weighted by atomic mass is 35.5. The maximum Gasteiger partial charge on any atom is 0.328 e. The van der Waals surface area contributed by atoms with E-state index in [4.69, 9.17) is 21.3 Å². The summed E-state index contributed by atoms with van der Waals surface area (Å²) in [6.45, 7) is 13.8. The minimum absolute atomic E-state index is 0.255. The monoisotopic (exact) mass is 787 g/mol. The molecule has 0 atom stereocenters. The molecule has 2 aromatic heterocycles. The second kappa shape index (κ2) is 16.0. The molecule has 0 unspecified atom stereocenters. The molecule has 0 aliphatic carbocycles. The summed E-state index contributed by atoms with van der Waals surface area (Å²) in [6.07, 6.45) is 4.01. The highest BCUT2D eigenvalue weighted by Crippen LogP contribution is 2.36. The summed E-state index contributed by atoms with van der Waals surface area (Å²) < 4.78 is 5.72. The van der Waals surface area contributed by atoms with E-state index in [-0.39, 0.29) is 12.3 Å². The summed E-state index contributed by atoms with van der Waals surface area (Å²) in [6, 6.07) is 20.2. The molecule has 3 fully saturated rings. The molecule has 3 saturated heterocycles. The van der Waals surface area contributed by atoms with Gasteiger partial charge in [-0.05, 0) is 66.6 Å². The summed E-state index contributed by atoms with van der Waals surface area (Å²) in [7, 11) is 0. The lowest BCUT2D eigenvalue weighted by Gasteiger charge is -2.39. The van der Waals surface area contributed by atoms with Gasteiger partial charge in [0.15, 0.2) is 0 Å². The van der Waals surface area contributed by atoms with Crippen LogP contribution in [0.2, 0.25) is 5.02 Å². The van der Waals surface area contributed by atoms with Crippen LogP contribution in [0, 0.1) is 6.92 Å². The van der Waals surface area contributed by atoms with Crippen molar-refractivity contribution >= 4 is 68.8 Å². The minimum atomic E-state index is -0.424. The van der Waals surface area contributed by atoms with Gasteiger partial charge in [-0.15, -0.1) is 0 Å². The van der Waals surface area contributed by atoms with Gasteiger partial charge in [0, 0.05) is 125 Å². The van der Waals surface area contributed by atoms with Gasteiger partial charge in [0.05, 0.1) is 16.2 Å². The number of halogens is 1. The number of rotatable bonds is 9. The summed E-state index contributed by atoms with van der Waals surface area (Å²) in [5.41, 5.74) is 8.87. The van der Waals surface area contributed by atoms with Gasteiger partial charge in [-0.1, -0.05) is 23.7 Å². The predicted octanol–water partition coefficient (Wildman–Crippen LogP) is 5.59. The predicted molar refractivity (Wildman–Crippen MR) is 225 cm³/mol. The highest BCUT2D eigenvalue weighted by Gasteiger charge is 2.27. The number of hydrogen-bond donors (Lipinski definition) is 3. The zero-order chi connectivity index (χ0) is 38.9. The first-order valence-corrected chi connectivity index (χ1v) is 20.1. The molecule has 6 heterocycles. The van der Waals surface area contributed by atoms with E-state index in [0.717, 1.165) is 117 Å². The normalized spacial score (nSPS) is 17.9. The lowest BCUT2D eigenvalue weighted by molar-refractivity contribution is -0.120. The van der Waals surface area contributed by atoms with E-state index in [9.17, 15) is 9.59 Å². The van der Waals surface area contributed by atoms with E-state index in [2.05, 4.69) is 94.9 Å². The summed E-state index contributed by atoms with van der Waals surface area (Å²) >= 11 is 6.62. The van der Waals surface area contributed by atoms with Crippen LogP contribution < -0.4 is 35.4 Å². The van der Waals surface area contributed by atoms with Gasteiger partial charge >= 0.3 is 6.03 Å². The molecular weight excluding hydrogens is 742 g/mol. The van der Waals surface area contributed by atoms with Crippen LogP contribution in [0.15, 0.2) is 73.1 Å². The number of aromatic nitrogens is 3. The number of carbonyl (C=O) groups excluding carboxylic acids is 2. The van der Waals surface area contributed by atoms with Crippen LogP contribution in [0.4, 0.5) is 39.2 Å². The number of ether oxygens (including phenoxy) is 1. The third-order valence-electron chi connectivity index (χ3n) is 11.4. The quantitative estimate of drug-likeness (QED) is 0.172. The molecule has 0 radical (unpaired) electrons. The van der Waals surface area contributed by atoms with Crippen molar-refractivity contribution in [2.24, 2.45) is 0 Å². The van der Waals surface area contributed by atoms with Gasteiger partial charge in [0.2, 0.25) is 17.7 Å². The molecule has 3 N–H and O–H groups in total. The van der Waals surface area contributed by atoms with Crippen LogP contribution in [0.25, 0.3) is 22.0 Å². The van der Waals surface area contributed by atoms with E-state index in [0.29, 0.717) is 35.7 Å². The zero-order valence-corrected chi connectivity index (χ0v) is 32.8. The molecule has 9 rings (SSSR count).